The van der Waals surface area contributed by atoms with Crippen molar-refractivity contribution in [1.82, 2.24) is 5.43 Å². The number of hydrogen-bond donors (Lipinski definition) is 1. The number of nitrogens with one attached hydrogen (secondary N) is 1. The zero-order valence-corrected chi connectivity index (χ0v) is 15.9. The summed E-state index contributed by atoms with van der Waals surface area (Å²) < 4.78 is 21.5. The quantitative estimate of drug-likeness (QED) is 0.541. The van der Waals surface area contributed by atoms with Gasteiger partial charge in [-0.25, -0.2) is 5.43 Å². The van der Waals surface area contributed by atoms with Crippen molar-refractivity contribution in [3.8, 4) is 23.0 Å². The summed E-state index contributed by atoms with van der Waals surface area (Å²) in [5.41, 5.74) is 3.91. The van der Waals surface area contributed by atoms with E-state index in [1.54, 1.807) is 45.4 Å². The molecule has 144 valence electrons. The maximum absolute atomic E-state index is 12.0. The molecule has 1 amide bonds. The van der Waals surface area contributed by atoms with Crippen LogP contribution in [0.15, 0.2) is 47.6 Å². The first kappa shape index (κ1) is 20.1. The van der Waals surface area contributed by atoms with Gasteiger partial charge >= 0.3 is 0 Å². The molecule has 0 aliphatic heterocycles. The molecule has 0 aliphatic rings. The van der Waals surface area contributed by atoms with Crippen molar-refractivity contribution in [2.75, 3.05) is 27.4 Å². The lowest BCUT2D eigenvalue weighted by Crippen LogP contribution is -2.25. The minimum absolute atomic E-state index is 0.174. The Kier molecular flexibility index (Phi) is 7.49. The Bertz CT molecular complexity index is 805. The largest absolute Gasteiger partial charge is 0.493 e. The molecular weight excluding hydrogens is 348 g/mol. The summed E-state index contributed by atoms with van der Waals surface area (Å²) in [5, 5.41) is 4.11. The average molecular weight is 372 g/mol. The van der Waals surface area contributed by atoms with E-state index >= 15 is 0 Å². The number of carbonyl (C=O) groups is 1. The molecule has 0 unspecified atom stereocenters. The number of para-hydroxylation sites is 2. The maximum Gasteiger partial charge on any atom is 0.277 e. The Morgan fingerprint density at radius 3 is 2.26 bits per heavy atom. The van der Waals surface area contributed by atoms with Gasteiger partial charge in [0.15, 0.2) is 29.6 Å². The van der Waals surface area contributed by atoms with Crippen molar-refractivity contribution in [2.24, 2.45) is 5.10 Å². The number of nitrogens with zero attached hydrogens (tertiary/aromatic N) is 1. The van der Waals surface area contributed by atoms with Crippen molar-refractivity contribution in [3.63, 3.8) is 0 Å². The van der Waals surface area contributed by atoms with Crippen LogP contribution in [0.5, 0.6) is 23.0 Å². The van der Waals surface area contributed by atoms with E-state index in [1.807, 2.05) is 25.1 Å². The zero-order chi connectivity index (χ0) is 19.6. The van der Waals surface area contributed by atoms with E-state index in [-0.39, 0.29) is 12.5 Å². The Balaban J connectivity index is 1.96. The van der Waals surface area contributed by atoms with Gasteiger partial charge in [0.1, 0.15) is 0 Å². The fourth-order valence-electron chi connectivity index (χ4n) is 2.29. The summed E-state index contributed by atoms with van der Waals surface area (Å²) in [6, 6.07) is 12.6. The average Bonchev–Trinajstić information content (AvgIpc) is 2.71. The van der Waals surface area contributed by atoms with Gasteiger partial charge in [0.2, 0.25) is 0 Å². The second-order valence-corrected chi connectivity index (χ2v) is 5.47. The van der Waals surface area contributed by atoms with E-state index in [2.05, 4.69) is 10.5 Å². The summed E-state index contributed by atoms with van der Waals surface area (Å²) >= 11 is 0. The molecule has 0 saturated carbocycles. The van der Waals surface area contributed by atoms with Crippen molar-refractivity contribution in [3.05, 3.63) is 48.0 Å². The van der Waals surface area contributed by atoms with E-state index in [0.29, 0.717) is 35.3 Å². The molecule has 0 heterocycles. The first-order chi connectivity index (χ1) is 13.1. The Morgan fingerprint density at radius 1 is 0.963 bits per heavy atom. The minimum atomic E-state index is -0.374. The van der Waals surface area contributed by atoms with Crippen LogP contribution in [0.25, 0.3) is 0 Å². The molecule has 0 radical (unpaired) electrons. The second kappa shape index (κ2) is 10.1. The van der Waals surface area contributed by atoms with Gasteiger partial charge in [-0.05, 0) is 44.2 Å². The number of hydrogen-bond acceptors (Lipinski definition) is 6. The SMILES string of the molecule is CCOc1ccccc1OCC(=O)N/N=C(\C)c1ccc(OC)c(OC)c1. The van der Waals surface area contributed by atoms with Crippen LogP contribution in [-0.2, 0) is 4.79 Å². The highest BCUT2D eigenvalue weighted by Crippen LogP contribution is 2.28. The Morgan fingerprint density at radius 2 is 1.63 bits per heavy atom. The van der Waals surface area contributed by atoms with Gasteiger partial charge in [0.25, 0.3) is 5.91 Å². The third-order valence-corrected chi connectivity index (χ3v) is 3.66. The van der Waals surface area contributed by atoms with Crippen LogP contribution in [0.3, 0.4) is 0 Å². The smallest absolute Gasteiger partial charge is 0.277 e. The molecule has 2 aromatic rings. The van der Waals surface area contributed by atoms with Crippen LogP contribution in [0.4, 0.5) is 0 Å². The highest BCUT2D eigenvalue weighted by molar-refractivity contribution is 5.99. The van der Waals surface area contributed by atoms with Gasteiger partial charge in [0, 0.05) is 5.56 Å². The minimum Gasteiger partial charge on any atom is -0.493 e. The van der Waals surface area contributed by atoms with E-state index < -0.39 is 0 Å². The third kappa shape index (κ3) is 5.64. The molecule has 0 spiro atoms. The molecule has 0 saturated heterocycles. The van der Waals surface area contributed by atoms with Gasteiger partial charge < -0.3 is 18.9 Å². The molecule has 7 nitrogen and oxygen atoms in total. The van der Waals surface area contributed by atoms with Crippen LogP contribution in [0.2, 0.25) is 0 Å². The van der Waals surface area contributed by atoms with Crippen LogP contribution < -0.4 is 24.4 Å². The first-order valence-electron chi connectivity index (χ1n) is 8.49. The van der Waals surface area contributed by atoms with Crippen LogP contribution in [0, 0.1) is 0 Å². The summed E-state index contributed by atoms with van der Waals surface area (Å²) in [6.07, 6.45) is 0. The molecule has 2 rings (SSSR count). The van der Waals surface area contributed by atoms with Crippen LogP contribution in [-0.4, -0.2) is 39.1 Å². The van der Waals surface area contributed by atoms with Gasteiger partial charge in [0.05, 0.1) is 26.5 Å². The van der Waals surface area contributed by atoms with Crippen LogP contribution >= 0.6 is 0 Å². The lowest BCUT2D eigenvalue weighted by atomic mass is 10.1. The molecule has 2 aromatic carbocycles. The summed E-state index contributed by atoms with van der Waals surface area (Å²) in [7, 11) is 3.13. The number of benzene rings is 2. The monoisotopic (exact) mass is 372 g/mol. The molecule has 0 bridgehead atoms. The lowest BCUT2D eigenvalue weighted by molar-refractivity contribution is -0.123. The summed E-state index contributed by atoms with van der Waals surface area (Å²) in [6.45, 7) is 4.01. The molecule has 7 heteroatoms. The van der Waals surface area contributed by atoms with Crippen molar-refractivity contribution >= 4 is 11.6 Å². The molecule has 0 atom stereocenters. The Hall–Kier alpha value is -3.22. The molecule has 0 fully saturated rings. The predicted octanol–water partition coefficient (Wildman–Crippen LogP) is 3.02. The van der Waals surface area contributed by atoms with Crippen molar-refractivity contribution < 1.29 is 23.7 Å². The van der Waals surface area contributed by atoms with Gasteiger partial charge in [-0.15, -0.1) is 0 Å². The fourth-order valence-corrected chi connectivity index (χ4v) is 2.29. The molecule has 27 heavy (non-hydrogen) atoms. The third-order valence-electron chi connectivity index (χ3n) is 3.66. The highest BCUT2D eigenvalue weighted by atomic mass is 16.5. The molecule has 0 aliphatic carbocycles. The number of carbonyl (C=O) groups excluding carboxylic acids is 1. The first-order valence-corrected chi connectivity index (χ1v) is 8.49. The fraction of sp³-hybridized carbons (Fsp3) is 0.300. The Labute approximate surface area is 158 Å². The molecular formula is C20H24N2O5. The highest BCUT2D eigenvalue weighted by Gasteiger charge is 2.09. The zero-order valence-electron chi connectivity index (χ0n) is 15.9. The second-order valence-electron chi connectivity index (χ2n) is 5.47. The number of amides is 1. The predicted molar refractivity (Wildman–Crippen MR) is 103 cm³/mol. The lowest BCUT2D eigenvalue weighted by Gasteiger charge is -2.11. The van der Waals surface area contributed by atoms with E-state index in [1.165, 1.54) is 0 Å². The summed E-state index contributed by atoms with van der Waals surface area (Å²) in [4.78, 5) is 12.0. The van der Waals surface area contributed by atoms with Gasteiger partial charge in [-0.1, -0.05) is 12.1 Å². The maximum atomic E-state index is 12.0. The van der Waals surface area contributed by atoms with Gasteiger partial charge in [-0.3, -0.25) is 4.79 Å². The van der Waals surface area contributed by atoms with E-state index in [0.717, 1.165) is 5.56 Å². The number of methoxy groups -OCH3 is 2. The number of ether oxygens (including phenoxy) is 4. The number of rotatable bonds is 9. The standard InChI is InChI=1S/C20H24N2O5/c1-5-26-17-8-6-7-9-18(17)27-13-20(23)22-21-14(2)15-10-11-16(24-3)19(12-15)25-4/h6-12H,5,13H2,1-4H3,(H,22,23)/b21-14+. The van der Waals surface area contributed by atoms with E-state index in [4.69, 9.17) is 18.9 Å². The summed E-state index contributed by atoms with van der Waals surface area (Å²) in [5.74, 6) is 1.94. The topological polar surface area (TPSA) is 78.4 Å². The normalized spacial score (nSPS) is 10.9. The van der Waals surface area contributed by atoms with E-state index in [9.17, 15) is 4.79 Å². The number of hydrazone groups is 1. The van der Waals surface area contributed by atoms with Gasteiger partial charge in [-0.2, -0.15) is 5.10 Å². The molecule has 0 aromatic heterocycles. The van der Waals surface area contributed by atoms with Crippen LogP contribution in [0.1, 0.15) is 19.4 Å². The van der Waals surface area contributed by atoms with Crippen molar-refractivity contribution in [2.45, 2.75) is 13.8 Å². The van der Waals surface area contributed by atoms with Crippen molar-refractivity contribution in [1.29, 1.82) is 0 Å². The molecule has 1 N–H and O–H groups in total.